The van der Waals surface area contributed by atoms with Crippen LogP contribution in [0.3, 0.4) is 0 Å². The molecule has 0 spiro atoms. The van der Waals surface area contributed by atoms with Gasteiger partial charge in [0.15, 0.2) is 0 Å². The monoisotopic (exact) mass is 325 g/mol. The second-order valence-corrected chi connectivity index (χ2v) is 6.49. The molecule has 0 bridgehead atoms. The number of hydrogen-bond donors (Lipinski definition) is 1. The third kappa shape index (κ3) is 4.36. The minimum Gasteiger partial charge on any atom is -0.378 e. The first kappa shape index (κ1) is 18.0. The summed E-state index contributed by atoms with van der Waals surface area (Å²) < 4.78 is 0. The highest BCUT2D eigenvalue weighted by Gasteiger charge is 2.16. The van der Waals surface area contributed by atoms with Gasteiger partial charge in [-0.25, -0.2) is 0 Å². The zero-order valence-corrected chi connectivity index (χ0v) is 15.2. The Balaban J connectivity index is 2.09. The fourth-order valence-corrected chi connectivity index (χ4v) is 2.71. The molecule has 2 aromatic rings. The SMILES string of the molecule is Cc1ccccc1C(=O)NC[C@H](c1ccc(N(C)C)cc1)N(C)C. The average Bonchev–Trinajstić information content (AvgIpc) is 2.55. The van der Waals surface area contributed by atoms with Gasteiger partial charge in [0.25, 0.3) is 5.91 Å². The zero-order valence-electron chi connectivity index (χ0n) is 15.2. The number of anilines is 1. The lowest BCUT2D eigenvalue weighted by Gasteiger charge is -2.26. The maximum Gasteiger partial charge on any atom is 0.251 e. The summed E-state index contributed by atoms with van der Waals surface area (Å²) in [7, 11) is 8.12. The molecule has 4 nitrogen and oxygen atoms in total. The number of carbonyl (C=O) groups is 1. The largest absolute Gasteiger partial charge is 0.378 e. The lowest BCUT2D eigenvalue weighted by atomic mass is 10.0. The summed E-state index contributed by atoms with van der Waals surface area (Å²) in [6, 6.07) is 16.3. The first-order valence-electron chi connectivity index (χ1n) is 8.17. The molecule has 1 N–H and O–H groups in total. The van der Waals surface area contributed by atoms with E-state index in [0.29, 0.717) is 6.54 Å². The number of hydrogen-bond acceptors (Lipinski definition) is 3. The Kier molecular flexibility index (Phi) is 5.99. The molecule has 0 fully saturated rings. The number of likely N-dealkylation sites (N-methyl/N-ethyl adjacent to an activating group) is 1. The average molecular weight is 325 g/mol. The number of aryl methyl sites for hydroxylation is 1. The Labute approximate surface area is 145 Å². The minimum atomic E-state index is -0.0233. The van der Waals surface area contributed by atoms with Crippen molar-refractivity contribution in [3.8, 4) is 0 Å². The molecule has 0 unspecified atom stereocenters. The number of nitrogens with zero attached hydrogens (tertiary/aromatic N) is 2. The van der Waals surface area contributed by atoms with Crippen molar-refractivity contribution < 1.29 is 4.79 Å². The lowest BCUT2D eigenvalue weighted by Crippen LogP contribution is -2.34. The molecule has 0 aromatic heterocycles. The van der Waals surface area contributed by atoms with Crippen LogP contribution in [-0.2, 0) is 0 Å². The third-order valence-corrected chi connectivity index (χ3v) is 4.26. The van der Waals surface area contributed by atoms with E-state index in [1.807, 2.05) is 59.4 Å². The fraction of sp³-hybridized carbons (Fsp3) is 0.350. The van der Waals surface area contributed by atoms with Gasteiger partial charge in [0.1, 0.15) is 0 Å². The predicted molar refractivity (Wildman–Crippen MR) is 101 cm³/mol. The molecule has 0 aliphatic carbocycles. The van der Waals surface area contributed by atoms with Gasteiger partial charge in [0.2, 0.25) is 0 Å². The number of carbonyl (C=O) groups excluding carboxylic acids is 1. The van der Waals surface area contributed by atoms with E-state index in [9.17, 15) is 4.79 Å². The highest BCUT2D eigenvalue weighted by molar-refractivity contribution is 5.95. The molecule has 2 rings (SSSR count). The summed E-state index contributed by atoms with van der Waals surface area (Å²) in [5.74, 6) is -0.0233. The van der Waals surface area contributed by atoms with E-state index < -0.39 is 0 Å². The second-order valence-electron chi connectivity index (χ2n) is 6.49. The van der Waals surface area contributed by atoms with E-state index >= 15 is 0 Å². The van der Waals surface area contributed by atoms with Gasteiger partial charge in [0.05, 0.1) is 6.04 Å². The Morgan fingerprint density at radius 2 is 1.62 bits per heavy atom. The molecule has 1 atom stereocenters. The summed E-state index contributed by atoms with van der Waals surface area (Å²) in [5.41, 5.74) is 4.08. The number of rotatable bonds is 6. The van der Waals surface area contributed by atoms with Gasteiger partial charge >= 0.3 is 0 Å². The second kappa shape index (κ2) is 7.97. The predicted octanol–water partition coefficient (Wildman–Crippen LogP) is 3.09. The van der Waals surface area contributed by atoms with E-state index in [2.05, 4.69) is 39.4 Å². The van der Waals surface area contributed by atoms with Gasteiger partial charge in [-0.05, 0) is 50.3 Å². The van der Waals surface area contributed by atoms with Crippen molar-refractivity contribution in [3.05, 3.63) is 65.2 Å². The van der Waals surface area contributed by atoms with Gasteiger partial charge < -0.3 is 15.1 Å². The molecular weight excluding hydrogens is 298 g/mol. The van der Waals surface area contributed by atoms with Gasteiger partial charge in [-0.3, -0.25) is 4.79 Å². The Morgan fingerprint density at radius 1 is 1.00 bits per heavy atom. The van der Waals surface area contributed by atoms with Crippen LogP contribution in [0.5, 0.6) is 0 Å². The van der Waals surface area contributed by atoms with Crippen LogP contribution >= 0.6 is 0 Å². The Bertz CT molecular complexity index is 678. The molecule has 24 heavy (non-hydrogen) atoms. The third-order valence-electron chi connectivity index (χ3n) is 4.26. The molecule has 0 saturated carbocycles. The number of nitrogens with one attached hydrogen (secondary N) is 1. The van der Waals surface area contributed by atoms with Crippen molar-refractivity contribution in [2.45, 2.75) is 13.0 Å². The van der Waals surface area contributed by atoms with Crippen LogP contribution in [0.4, 0.5) is 5.69 Å². The molecule has 128 valence electrons. The summed E-state index contributed by atoms with van der Waals surface area (Å²) >= 11 is 0. The molecular formula is C20H27N3O. The van der Waals surface area contributed by atoms with Crippen LogP contribution in [0.15, 0.2) is 48.5 Å². The van der Waals surface area contributed by atoms with E-state index in [1.54, 1.807) is 0 Å². The molecule has 0 radical (unpaired) electrons. The summed E-state index contributed by atoms with van der Waals surface area (Å²) in [6.45, 7) is 2.53. The normalized spacial score (nSPS) is 12.1. The lowest BCUT2D eigenvalue weighted by molar-refractivity contribution is 0.0941. The van der Waals surface area contributed by atoms with E-state index in [0.717, 1.165) is 11.1 Å². The van der Waals surface area contributed by atoms with Crippen molar-refractivity contribution in [1.82, 2.24) is 10.2 Å². The number of amides is 1. The van der Waals surface area contributed by atoms with Crippen molar-refractivity contribution in [2.24, 2.45) is 0 Å². The van der Waals surface area contributed by atoms with Crippen LogP contribution in [0, 0.1) is 6.92 Å². The fourth-order valence-electron chi connectivity index (χ4n) is 2.71. The van der Waals surface area contributed by atoms with Crippen molar-refractivity contribution >= 4 is 11.6 Å². The molecule has 1 amide bonds. The highest BCUT2D eigenvalue weighted by Crippen LogP contribution is 2.21. The van der Waals surface area contributed by atoms with Gasteiger partial charge in [-0.1, -0.05) is 30.3 Å². The van der Waals surface area contributed by atoms with Crippen molar-refractivity contribution in [1.29, 1.82) is 0 Å². The molecule has 0 heterocycles. The topological polar surface area (TPSA) is 35.6 Å². The first-order valence-corrected chi connectivity index (χ1v) is 8.17. The highest BCUT2D eigenvalue weighted by atomic mass is 16.1. The van der Waals surface area contributed by atoms with Crippen molar-refractivity contribution in [3.63, 3.8) is 0 Å². The Hall–Kier alpha value is -2.33. The minimum absolute atomic E-state index is 0.0233. The summed E-state index contributed by atoms with van der Waals surface area (Å²) in [5, 5.41) is 3.07. The Morgan fingerprint density at radius 3 is 2.17 bits per heavy atom. The molecule has 0 saturated heterocycles. The van der Waals surface area contributed by atoms with E-state index in [4.69, 9.17) is 0 Å². The van der Waals surface area contributed by atoms with Crippen LogP contribution in [0.25, 0.3) is 0 Å². The van der Waals surface area contributed by atoms with Gasteiger partial charge in [0, 0.05) is 31.9 Å². The van der Waals surface area contributed by atoms with Gasteiger partial charge in [-0.2, -0.15) is 0 Å². The number of benzene rings is 2. The van der Waals surface area contributed by atoms with Gasteiger partial charge in [-0.15, -0.1) is 0 Å². The van der Waals surface area contributed by atoms with Crippen LogP contribution in [0.2, 0.25) is 0 Å². The van der Waals surface area contributed by atoms with Crippen LogP contribution < -0.4 is 10.2 Å². The standard InChI is InChI=1S/C20H27N3O/c1-15-8-6-7-9-18(15)20(24)21-14-19(23(4)5)16-10-12-17(13-11-16)22(2)3/h6-13,19H,14H2,1-5H3,(H,21,24)/t19-/m1/s1. The van der Waals surface area contributed by atoms with Crippen LogP contribution in [0.1, 0.15) is 27.5 Å². The smallest absolute Gasteiger partial charge is 0.251 e. The van der Waals surface area contributed by atoms with Crippen molar-refractivity contribution in [2.75, 3.05) is 39.6 Å². The van der Waals surface area contributed by atoms with E-state index in [-0.39, 0.29) is 11.9 Å². The quantitative estimate of drug-likeness (QED) is 0.886. The molecule has 4 heteroatoms. The van der Waals surface area contributed by atoms with E-state index in [1.165, 1.54) is 11.3 Å². The molecule has 2 aromatic carbocycles. The first-order chi connectivity index (χ1) is 11.4. The summed E-state index contributed by atoms with van der Waals surface area (Å²) in [6.07, 6.45) is 0. The molecule has 0 aliphatic rings. The summed E-state index contributed by atoms with van der Waals surface area (Å²) in [4.78, 5) is 16.6. The molecule has 0 aliphatic heterocycles. The maximum absolute atomic E-state index is 12.4. The zero-order chi connectivity index (χ0) is 17.7. The maximum atomic E-state index is 12.4. The van der Waals surface area contributed by atoms with Crippen LogP contribution in [-0.4, -0.2) is 45.5 Å².